The van der Waals surface area contributed by atoms with Crippen molar-refractivity contribution in [1.82, 2.24) is 15.1 Å². The summed E-state index contributed by atoms with van der Waals surface area (Å²) in [5.74, 6) is 0.747. The Morgan fingerprint density at radius 3 is 2.10 bits per heavy atom. The molecule has 0 spiro atoms. The van der Waals surface area contributed by atoms with Crippen molar-refractivity contribution in [3.63, 3.8) is 0 Å². The van der Waals surface area contributed by atoms with Crippen molar-refractivity contribution < 1.29 is 4.79 Å². The predicted molar refractivity (Wildman–Crippen MR) is 125 cm³/mol. The molecule has 7 heteroatoms. The SMILES string of the molecule is CN1CCN(C(=O)CN[C@@H]2C[C@H]2c2ccc(-c3ccc(Cl)cc3)cc2)CC1.Cl.Cl. The van der Waals surface area contributed by atoms with Crippen LogP contribution in [-0.4, -0.2) is 61.5 Å². The number of hydrogen-bond acceptors (Lipinski definition) is 3. The molecule has 1 saturated heterocycles. The molecule has 1 amide bonds. The van der Waals surface area contributed by atoms with Gasteiger partial charge in [-0.2, -0.15) is 0 Å². The zero-order valence-electron chi connectivity index (χ0n) is 16.5. The number of nitrogens with one attached hydrogen (secondary N) is 1. The smallest absolute Gasteiger partial charge is 0.236 e. The average molecular weight is 457 g/mol. The second kappa shape index (κ2) is 10.6. The van der Waals surface area contributed by atoms with E-state index in [1.165, 1.54) is 16.7 Å². The van der Waals surface area contributed by atoms with Gasteiger partial charge in [-0.3, -0.25) is 4.79 Å². The highest BCUT2D eigenvalue weighted by Crippen LogP contribution is 2.41. The van der Waals surface area contributed by atoms with E-state index >= 15 is 0 Å². The minimum Gasteiger partial charge on any atom is -0.339 e. The van der Waals surface area contributed by atoms with Gasteiger partial charge in [0.05, 0.1) is 6.54 Å². The Kier molecular flexibility index (Phi) is 8.80. The molecule has 158 valence electrons. The van der Waals surface area contributed by atoms with Crippen LogP contribution in [0.2, 0.25) is 5.02 Å². The highest BCUT2D eigenvalue weighted by molar-refractivity contribution is 6.30. The zero-order valence-corrected chi connectivity index (χ0v) is 18.9. The molecule has 2 atom stereocenters. The molecule has 4 rings (SSSR count). The summed E-state index contributed by atoms with van der Waals surface area (Å²) in [4.78, 5) is 16.6. The molecule has 1 saturated carbocycles. The van der Waals surface area contributed by atoms with Crippen molar-refractivity contribution in [3.05, 3.63) is 59.1 Å². The molecule has 2 fully saturated rings. The number of hydrogen-bond donors (Lipinski definition) is 1. The summed E-state index contributed by atoms with van der Waals surface area (Å²) in [6.07, 6.45) is 1.11. The lowest BCUT2D eigenvalue weighted by molar-refractivity contribution is -0.131. The lowest BCUT2D eigenvalue weighted by Crippen LogP contribution is -2.49. The summed E-state index contributed by atoms with van der Waals surface area (Å²) in [6.45, 7) is 4.08. The monoisotopic (exact) mass is 455 g/mol. The number of halogens is 3. The zero-order chi connectivity index (χ0) is 18.8. The van der Waals surface area contributed by atoms with Gasteiger partial charge in [0.2, 0.25) is 5.91 Å². The van der Waals surface area contributed by atoms with Gasteiger partial charge in [0.25, 0.3) is 0 Å². The van der Waals surface area contributed by atoms with E-state index in [-0.39, 0.29) is 30.7 Å². The summed E-state index contributed by atoms with van der Waals surface area (Å²) in [7, 11) is 2.10. The third-order valence-corrected chi connectivity index (χ3v) is 5.93. The first-order valence-electron chi connectivity index (χ1n) is 9.66. The molecule has 2 aliphatic rings. The lowest BCUT2D eigenvalue weighted by Gasteiger charge is -2.32. The lowest BCUT2D eigenvalue weighted by atomic mass is 10.0. The summed E-state index contributed by atoms with van der Waals surface area (Å²) in [5.41, 5.74) is 3.72. The van der Waals surface area contributed by atoms with Crippen molar-refractivity contribution in [3.8, 4) is 11.1 Å². The van der Waals surface area contributed by atoms with Crippen LogP contribution in [0.5, 0.6) is 0 Å². The van der Waals surface area contributed by atoms with Gasteiger partial charge >= 0.3 is 0 Å². The van der Waals surface area contributed by atoms with Crippen molar-refractivity contribution >= 4 is 42.3 Å². The van der Waals surface area contributed by atoms with Gasteiger partial charge in [0.1, 0.15) is 0 Å². The molecule has 2 aromatic rings. The maximum Gasteiger partial charge on any atom is 0.236 e. The fourth-order valence-corrected chi connectivity index (χ4v) is 3.87. The van der Waals surface area contributed by atoms with Crippen LogP contribution in [0.3, 0.4) is 0 Å². The second-order valence-corrected chi connectivity index (χ2v) is 8.08. The Morgan fingerprint density at radius 2 is 1.52 bits per heavy atom. The standard InChI is InChI=1S/C22H26ClN3O.2ClH/c1-25-10-12-26(13-11-25)22(27)15-24-21-14-20(21)18-4-2-16(3-5-18)17-6-8-19(23)9-7-17;;/h2-9,20-21,24H,10-15H2,1H3;2*1H/t20-,21+;;/m0../s1. The summed E-state index contributed by atoms with van der Waals surface area (Å²) in [5, 5.41) is 4.20. The molecular formula is C22H28Cl3N3O. The fraction of sp³-hybridized carbons (Fsp3) is 0.409. The number of likely N-dealkylation sites (N-methyl/N-ethyl adjacent to an activating group) is 1. The number of amides is 1. The van der Waals surface area contributed by atoms with E-state index in [1.807, 2.05) is 29.2 Å². The minimum atomic E-state index is 0. The average Bonchev–Trinajstić information content (AvgIpc) is 3.47. The normalized spacial score (nSPS) is 21.1. The van der Waals surface area contributed by atoms with E-state index < -0.39 is 0 Å². The Hall–Kier alpha value is -1.30. The van der Waals surface area contributed by atoms with Crippen LogP contribution in [0, 0.1) is 0 Å². The first-order valence-corrected chi connectivity index (χ1v) is 10.0. The van der Waals surface area contributed by atoms with Crippen LogP contribution in [0.25, 0.3) is 11.1 Å². The molecule has 4 nitrogen and oxygen atoms in total. The van der Waals surface area contributed by atoms with Crippen LogP contribution in [-0.2, 0) is 4.79 Å². The Balaban J connectivity index is 0.00000150. The number of benzene rings is 2. The van der Waals surface area contributed by atoms with Crippen molar-refractivity contribution in [2.75, 3.05) is 39.8 Å². The predicted octanol–water partition coefficient (Wildman–Crippen LogP) is 4.07. The Bertz CT molecular complexity index is 790. The maximum atomic E-state index is 12.3. The number of carbonyl (C=O) groups excluding carboxylic acids is 1. The van der Waals surface area contributed by atoms with Crippen molar-refractivity contribution in [2.24, 2.45) is 0 Å². The van der Waals surface area contributed by atoms with E-state index in [0.717, 1.165) is 37.6 Å². The first-order chi connectivity index (χ1) is 13.1. The third kappa shape index (κ3) is 6.09. The molecule has 1 aliphatic heterocycles. The molecule has 1 N–H and O–H groups in total. The quantitative estimate of drug-likeness (QED) is 0.737. The molecule has 1 heterocycles. The molecule has 0 unspecified atom stereocenters. The van der Waals surface area contributed by atoms with Gasteiger partial charge < -0.3 is 15.1 Å². The second-order valence-electron chi connectivity index (χ2n) is 7.64. The molecule has 1 aliphatic carbocycles. The van der Waals surface area contributed by atoms with Crippen molar-refractivity contribution in [1.29, 1.82) is 0 Å². The van der Waals surface area contributed by atoms with E-state index in [0.29, 0.717) is 18.5 Å². The number of rotatable bonds is 5. The molecule has 0 aromatic heterocycles. The van der Waals surface area contributed by atoms with E-state index in [1.54, 1.807) is 0 Å². The van der Waals surface area contributed by atoms with Gasteiger partial charge in [0.15, 0.2) is 0 Å². The van der Waals surface area contributed by atoms with Gasteiger partial charge in [-0.25, -0.2) is 0 Å². The summed E-state index contributed by atoms with van der Waals surface area (Å²) in [6, 6.07) is 17.1. The minimum absolute atomic E-state index is 0. The van der Waals surface area contributed by atoms with E-state index in [2.05, 4.69) is 41.5 Å². The first kappa shape index (κ1) is 24.0. The van der Waals surface area contributed by atoms with Crippen LogP contribution in [0.4, 0.5) is 0 Å². The number of piperazine rings is 1. The maximum absolute atomic E-state index is 12.3. The van der Waals surface area contributed by atoms with Crippen LogP contribution < -0.4 is 5.32 Å². The van der Waals surface area contributed by atoms with E-state index in [4.69, 9.17) is 11.6 Å². The summed E-state index contributed by atoms with van der Waals surface area (Å²) >= 11 is 5.96. The third-order valence-electron chi connectivity index (χ3n) is 5.68. The number of nitrogens with zero attached hydrogens (tertiary/aromatic N) is 2. The topological polar surface area (TPSA) is 35.6 Å². The molecular weight excluding hydrogens is 429 g/mol. The van der Waals surface area contributed by atoms with Crippen LogP contribution >= 0.6 is 36.4 Å². The van der Waals surface area contributed by atoms with Crippen LogP contribution in [0.15, 0.2) is 48.5 Å². The highest BCUT2D eigenvalue weighted by Gasteiger charge is 2.38. The highest BCUT2D eigenvalue weighted by atomic mass is 35.5. The van der Waals surface area contributed by atoms with Gasteiger partial charge in [-0.05, 0) is 42.3 Å². The molecule has 2 aromatic carbocycles. The van der Waals surface area contributed by atoms with E-state index in [9.17, 15) is 4.79 Å². The number of carbonyl (C=O) groups is 1. The molecule has 0 bridgehead atoms. The largest absolute Gasteiger partial charge is 0.339 e. The summed E-state index contributed by atoms with van der Waals surface area (Å²) < 4.78 is 0. The van der Waals surface area contributed by atoms with Gasteiger partial charge in [-0.1, -0.05) is 48.0 Å². The molecule has 0 radical (unpaired) electrons. The van der Waals surface area contributed by atoms with Gasteiger partial charge in [0, 0.05) is 43.2 Å². The molecule has 29 heavy (non-hydrogen) atoms. The Labute approximate surface area is 190 Å². The van der Waals surface area contributed by atoms with Gasteiger partial charge in [-0.15, -0.1) is 24.8 Å². The Morgan fingerprint density at radius 1 is 0.966 bits per heavy atom. The fourth-order valence-electron chi connectivity index (χ4n) is 3.74. The van der Waals surface area contributed by atoms with Crippen molar-refractivity contribution in [2.45, 2.75) is 18.4 Å². The van der Waals surface area contributed by atoms with Crippen LogP contribution in [0.1, 0.15) is 17.9 Å².